The fourth-order valence-electron chi connectivity index (χ4n) is 2.40. The minimum atomic E-state index is -1.04. The van der Waals surface area contributed by atoms with Crippen molar-refractivity contribution in [3.8, 4) is 11.3 Å². The Morgan fingerprint density at radius 1 is 1.00 bits per heavy atom. The normalized spacial score (nSPS) is 10.3. The van der Waals surface area contributed by atoms with Crippen LogP contribution in [0.25, 0.3) is 11.3 Å². The van der Waals surface area contributed by atoms with Gasteiger partial charge in [-0.05, 0) is 12.0 Å². The molecule has 120 valence electrons. The first-order valence-electron chi connectivity index (χ1n) is 7.67. The van der Waals surface area contributed by atoms with Crippen LogP contribution in [0, 0.1) is 0 Å². The van der Waals surface area contributed by atoms with Gasteiger partial charge in [-0.15, -0.1) is 0 Å². The predicted octanol–water partition coefficient (Wildman–Crippen LogP) is 3.50. The van der Waals surface area contributed by atoms with Gasteiger partial charge in [0.25, 0.3) is 0 Å². The van der Waals surface area contributed by atoms with Crippen molar-refractivity contribution < 1.29 is 9.90 Å². The summed E-state index contributed by atoms with van der Waals surface area (Å²) in [6, 6.07) is 19.4. The molecule has 0 aliphatic rings. The average Bonchev–Trinajstić information content (AvgIpc) is 2.63. The molecule has 24 heavy (non-hydrogen) atoms. The van der Waals surface area contributed by atoms with Crippen molar-refractivity contribution in [2.24, 2.45) is 0 Å². The number of aromatic carboxylic acids is 1. The molecule has 0 saturated carbocycles. The van der Waals surface area contributed by atoms with E-state index in [4.69, 9.17) is 0 Å². The summed E-state index contributed by atoms with van der Waals surface area (Å²) in [7, 11) is 0. The van der Waals surface area contributed by atoms with Crippen LogP contribution in [0.15, 0.2) is 66.9 Å². The van der Waals surface area contributed by atoms with Crippen LogP contribution < -0.4 is 5.32 Å². The Kier molecular flexibility index (Phi) is 4.81. The van der Waals surface area contributed by atoms with Gasteiger partial charge in [-0.3, -0.25) is 0 Å². The summed E-state index contributed by atoms with van der Waals surface area (Å²) >= 11 is 0. The third-order valence-corrected chi connectivity index (χ3v) is 3.61. The molecule has 0 aliphatic carbocycles. The zero-order valence-corrected chi connectivity index (χ0v) is 13.0. The van der Waals surface area contributed by atoms with Gasteiger partial charge in [-0.1, -0.05) is 60.7 Å². The number of aromatic nitrogens is 2. The van der Waals surface area contributed by atoms with Gasteiger partial charge in [0.15, 0.2) is 0 Å². The Bertz CT molecular complexity index is 821. The van der Waals surface area contributed by atoms with Crippen molar-refractivity contribution in [3.63, 3.8) is 0 Å². The summed E-state index contributed by atoms with van der Waals surface area (Å²) in [5, 5.41) is 12.5. The molecule has 5 nitrogen and oxygen atoms in total. The average molecular weight is 319 g/mol. The van der Waals surface area contributed by atoms with Crippen molar-refractivity contribution in [3.05, 3.63) is 78.0 Å². The molecule has 0 aliphatic heterocycles. The summed E-state index contributed by atoms with van der Waals surface area (Å²) < 4.78 is 0. The fraction of sp³-hybridized carbons (Fsp3) is 0.105. The van der Waals surface area contributed by atoms with Crippen LogP contribution in [0.2, 0.25) is 0 Å². The number of hydrogen-bond acceptors (Lipinski definition) is 4. The highest BCUT2D eigenvalue weighted by molar-refractivity contribution is 5.94. The van der Waals surface area contributed by atoms with Crippen molar-refractivity contribution in [1.82, 2.24) is 9.97 Å². The maximum atomic E-state index is 11.4. The van der Waals surface area contributed by atoms with E-state index in [1.807, 2.05) is 48.5 Å². The molecule has 3 aromatic rings. The quantitative estimate of drug-likeness (QED) is 0.727. The Labute approximate surface area is 140 Å². The zero-order chi connectivity index (χ0) is 16.8. The van der Waals surface area contributed by atoms with Crippen molar-refractivity contribution in [1.29, 1.82) is 0 Å². The zero-order valence-electron chi connectivity index (χ0n) is 13.0. The molecule has 0 radical (unpaired) electrons. The van der Waals surface area contributed by atoms with E-state index in [9.17, 15) is 9.90 Å². The van der Waals surface area contributed by atoms with Crippen LogP contribution in [0.5, 0.6) is 0 Å². The monoisotopic (exact) mass is 319 g/mol. The van der Waals surface area contributed by atoms with Gasteiger partial charge in [-0.2, -0.15) is 0 Å². The lowest BCUT2D eigenvalue weighted by atomic mass is 10.1. The molecule has 3 rings (SSSR count). The molecule has 0 atom stereocenters. The number of anilines is 1. The molecule has 0 amide bonds. The lowest BCUT2D eigenvalue weighted by molar-refractivity contribution is 0.0697. The molecule has 2 N–H and O–H groups in total. The van der Waals surface area contributed by atoms with Crippen molar-refractivity contribution in [2.75, 3.05) is 11.9 Å². The summed E-state index contributed by atoms with van der Waals surface area (Å²) in [6.45, 7) is 0.671. The van der Waals surface area contributed by atoms with Crippen LogP contribution in [-0.2, 0) is 6.42 Å². The van der Waals surface area contributed by atoms with Gasteiger partial charge in [0.2, 0.25) is 5.95 Å². The highest BCUT2D eigenvalue weighted by Gasteiger charge is 2.15. The molecule has 5 heteroatoms. The predicted molar refractivity (Wildman–Crippen MR) is 93.1 cm³/mol. The van der Waals surface area contributed by atoms with Crippen LogP contribution in [0.4, 0.5) is 5.95 Å². The first-order valence-corrected chi connectivity index (χ1v) is 7.67. The molecule has 0 saturated heterocycles. The first-order chi connectivity index (χ1) is 11.7. The number of hydrogen-bond donors (Lipinski definition) is 2. The lowest BCUT2D eigenvalue weighted by Crippen LogP contribution is -2.11. The van der Waals surface area contributed by atoms with E-state index in [-0.39, 0.29) is 5.56 Å². The Hall–Kier alpha value is -3.21. The number of carbonyl (C=O) groups is 1. The number of carboxylic acids is 1. The third-order valence-electron chi connectivity index (χ3n) is 3.61. The van der Waals surface area contributed by atoms with E-state index in [2.05, 4.69) is 27.4 Å². The van der Waals surface area contributed by atoms with E-state index in [1.165, 1.54) is 11.8 Å². The number of nitrogens with zero attached hydrogens (tertiary/aromatic N) is 2. The van der Waals surface area contributed by atoms with E-state index in [0.717, 1.165) is 12.0 Å². The van der Waals surface area contributed by atoms with Crippen LogP contribution in [0.3, 0.4) is 0 Å². The Morgan fingerprint density at radius 3 is 2.33 bits per heavy atom. The minimum absolute atomic E-state index is 0.0924. The Balaban J connectivity index is 1.78. The van der Waals surface area contributed by atoms with E-state index in [0.29, 0.717) is 18.2 Å². The summed E-state index contributed by atoms with van der Waals surface area (Å²) in [4.78, 5) is 19.9. The largest absolute Gasteiger partial charge is 0.478 e. The first kappa shape index (κ1) is 15.7. The maximum Gasteiger partial charge on any atom is 0.339 e. The molecule has 0 unspecified atom stereocenters. The van der Waals surface area contributed by atoms with Gasteiger partial charge in [0, 0.05) is 18.3 Å². The van der Waals surface area contributed by atoms with Gasteiger partial charge >= 0.3 is 5.97 Å². The van der Waals surface area contributed by atoms with Crippen molar-refractivity contribution >= 4 is 11.9 Å². The second-order valence-corrected chi connectivity index (χ2v) is 5.29. The van der Waals surface area contributed by atoms with Gasteiger partial charge in [0.1, 0.15) is 5.56 Å². The summed E-state index contributed by atoms with van der Waals surface area (Å²) in [5.41, 5.74) is 2.48. The summed E-state index contributed by atoms with van der Waals surface area (Å²) in [6.07, 6.45) is 2.19. The van der Waals surface area contributed by atoms with E-state index < -0.39 is 5.97 Å². The number of carboxylic acid groups (broad SMARTS) is 1. The lowest BCUT2D eigenvalue weighted by Gasteiger charge is -2.09. The fourth-order valence-corrected chi connectivity index (χ4v) is 2.40. The molecule has 1 heterocycles. The van der Waals surface area contributed by atoms with Crippen LogP contribution >= 0.6 is 0 Å². The molecular weight excluding hydrogens is 302 g/mol. The van der Waals surface area contributed by atoms with Gasteiger partial charge < -0.3 is 10.4 Å². The van der Waals surface area contributed by atoms with Crippen LogP contribution in [-0.4, -0.2) is 27.6 Å². The topological polar surface area (TPSA) is 75.1 Å². The third kappa shape index (κ3) is 3.76. The van der Waals surface area contributed by atoms with Gasteiger partial charge in [0.05, 0.1) is 5.69 Å². The maximum absolute atomic E-state index is 11.4. The molecular formula is C19H17N3O2. The number of benzene rings is 2. The SMILES string of the molecule is O=C(O)c1cnc(NCCc2ccccc2)nc1-c1ccccc1. The van der Waals surface area contributed by atoms with E-state index >= 15 is 0 Å². The second-order valence-electron chi connectivity index (χ2n) is 5.29. The molecule has 2 aromatic carbocycles. The molecule has 0 fully saturated rings. The second kappa shape index (κ2) is 7.37. The molecule has 1 aromatic heterocycles. The minimum Gasteiger partial charge on any atom is -0.478 e. The highest BCUT2D eigenvalue weighted by Crippen LogP contribution is 2.22. The molecule has 0 spiro atoms. The highest BCUT2D eigenvalue weighted by atomic mass is 16.4. The number of nitrogens with one attached hydrogen (secondary N) is 1. The Morgan fingerprint density at radius 2 is 1.67 bits per heavy atom. The van der Waals surface area contributed by atoms with Crippen LogP contribution in [0.1, 0.15) is 15.9 Å². The van der Waals surface area contributed by atoms with Crippen molar-refractivity contribution in [2.45, 2.75) is 6.42 Å². The van der Waals surface area contributed by atoms with Gasteiger partial charge in [-0.25, -0.2) is 14.8 Å². The summed E-state index contributed by atoms with van der Waals surface area (Å²) in [5.74, 6) is -0.612. The standard InChI is InChI=1S/C19H17N3O2/c23-18(24)16-13-21-19(20-12-11-14-7-3-1-4-8-14)22-17(16)15-9-5-2-6-10-15/h1-10,13H,11-12H2,(H,23,24)(H,20,21,22). The smallest absolute Gasteiger partial charge is 0.339 e. The number of rotatable bonds is 6. The molecule has 0 bridgehead atoms. The van der Waals surface area contributed by atoms with E-state index in [1.54, 1.807) is 0 Å².